The molecule has 2 unspecified atom stereocenters. The summed E-state index contributed by atoms with van der Waals surface area (Å²) < 4.78 is 13.0. The lowest BCUT2D eigenvalue weighted by Crippen LogP contribution is -2.56. The zero-order valence-corrected chi connectivity index (χ0v) is 33.8. The summed E-state index contributed by atoms with van der Waals surface area (Å²) in [6, 6.07) is 17.4. The van der Waals surface area contributed by atoms with Crippen molar-refractivity contribution in [3.05, 3.63) is 81.6 Å². The minimum atomic E-state index is -0.577. The van der Waals surface area contributed by atoms with Gasteiger partial charge < -0.3 is 25.0 Å². The molecule has 1 aromatic heterocycles. The van der Waals surface area contributed by atoms with Gasteiger partial charge in [0, 0.05) is 46.7 Å². The first-order chi connectivity index (χ1) is 26.7. The van der Waals surface area contributed by atoms with E-state index in [-0.39, 0.29) is 30.2 Å². The normalized spacial score (nSPS) is 16.1. The van der Waals surface area contributed by atoms with Crippen LogP contribution in [0.15, 0.2) is 59.1 Å². The molecule has 12 heteroatoms. The first-order valence-corrected chi connectivity index (χ1v) is 20.5. The van der Waals surface area contributed by atoms with Crippen molar-refractivity contribution >= 4 is 56.1 Å². The van der Waals surface area contributed by atoms with E-state index in [0.717, 1.165) is 70.2 Å². The Morgan fingerprint density at radius 3 is 2.40 bits per heavy atom. The summed E-state index contributed by atoms with van der Waals surface area (Å²) in [5.74, 6) is 2.06. The van der Waals surface area contributed by atoms with Crippen LogP contribution in [-0.4, -0.2) is 65.4 Å². The lowest BCUT2D eigenvalue weighted by Gasteiger charge is -2.36. The number of hydrogen-bond donors (Lipinski definition) is 3. The molecule has 3 aromatic carbocycles. The number of hydrogen-bond acceptors (Lipinski definition) is 9. The number of fused-ring (bicyclic) bond motifs is 2. The maximum Gasteiger partial charge on any atom is 0.254 e. The minimum Gasteiger partial charge on any atom is -0.493 e. The van der Waals surface area contributed by atoms with E-state index >= 15 is 0 Å². The van der Waals surface area contributed by atoms with Crippen LogP contribution in [0.1, 0.15) is 111 Å². The highest BCUT2D eigenvalue weighted by Gasteiger charge is 2.37. The number of methoxy groups -OCH3 is 1. The number of halogens is 1. The van der Waals surface area contributed by atoms with E-state index in [2.05, 4.69) is 50.9 Å². The molecule has 0 bridgehead atoms. The average molecular weight is 814 g/mol. The lowest BCUT2D eigenvalue weighted by atomic mass is 9.94. The number of amides is 3. The summed E-state index contributed by atoms with van der Waals surface area (Å²) in [5, 5.41) is 10.4. The Morgan fingerprint density at radius 1 is 0.909 bits per heavy atom. The van der Waals surface area contributed by atoms with Gasteiger partial charge in [-0.3, -0.25) is 19.7 Å². The molecule has 6 rings (SSSR count). The SMILES string of the molecule is COc1cc2c(NC(C)c3cccc(Br)c3)nc(C)nc2cc1OCCCCCCCCCCCNc1cccc2c1CCN(C1CCC(=O)NC1=O)C2=O. The molecule has 0 saturated carbocycles. The number of piperidine rings is 1. The van der Waals surface area contributed by atoms with Gasteiger partial charge in [0.05, 0.1) is 25.3 Å². The smallest absolute Gasteiger partial charge is 0.254 e. The van der Waals surface area contributed by atoms with Gasteiger partial charge in [-0.2, -0.15) is 0 Å². The summed E-state index contributed by atoms with van der Waals surface area (Å²) in [6.45, 7) is 5.99. The first-order valence-electron chi connectivity index (χ1n) is 19.7. The first kappa shape index (κ1) is 40.0. The van der Waals surface area contributed by atoms with Crippen LogP contribution in [-0.2, 0) is 16.0 Å². The van der Waals surface area contributed by atoms with E-state index in [1.165, 1.54) is 32.1 Å². The van der Waals surface area contributed by atoms with Crippen LogP contribution < -0.4 is 25.4 Å². The Kier molecular flexibility index (Phi) is 14.0. The van der Waals surface area contributed by atoms with Gasteiger partial charge in [-0.05, 0) is 81.0 Å². The molecule has 3 heterocycles. The number of nitrogens with zero attached hydrogens (tertiary/aromatic N) is 3. The molecule has 0 radical (unpaired) electrons. The second kappa shape index (κ2) is 19.2. The number of carbonyl (C=O) groups is 3. The lowest BCUT2D eigenvalue weighted by molar-refractivity contribution is -0.136. The van der Waals surface area contributed by atoms with Crippen molar-refractivity contribution in [2.45, 2.75) is 103 Å². The third-order valence-electron chi connectivity index (χ3n) is 10.5. The Balaban J connectivity index is 0.856. The molecule has 1 fully saturated rings. The fraction of sp³-hybridized carbons (Fsp3) is 0.465. The fourth-order valence-corrected chi connectivity index (χ4v) is 7.97. The van der Waals surface area contributed by atoms with Crippen LogP contribution in [0.25, 0.3) is 10.9 Å². The topological polar surface area (TPSA) is 135 Å². The minimum absolute atomic E-state index is 0.0470. The van der Waals surface area contributed by atoms with Gasteiger partial charge in [0.1, 0.15) is 17.7 Å². The number of anilines is 2. The van der Waals surface area contributed by atoms with Crippen LogP contribution in [0.4, 0.5) is 11.5 Å². The zero-order valence-electron chi connectivity index (χ0n) is 32.2. The van der Waals surface area contributed by atoms with Gasteiger partial charge >= 0.3 is 0 Å². The van der Waals surface area contributed by atoms with Crippen molar-refractivity contribution in [2.75, 3.05) is 37.4 Å². The van der Waals surface area contributed by atoms with E-state index in [4.69, 9.17) is 19.4 Å². The predicted octanol–water partition coefficient (Wildman–Crippen LogP) is 8.69. The predicted molar refractivity (Wildman–Crippen MR) is 220 cm³/mol. The number of rotatable bonds is 19. The molecule has 0 aliphatic carbocycles. The molecule has 2 atom stereocenters. The van der Waals surface area contributed by atoms with Gasteiger partial charge in [0.2, 0.25) is 11.8 Å². The second-order valence-corrected chi connectivity index (χ2v) is 15.5. The molecule has 3 amide bonds. The summed E-state index contributed by atoms with van der Waals surface area (Å²) in [4.78, 5) is 48.3. The van der Waals surface area contributed by atoms with E-state index < -0.39 is 6.04 Å². The molecule has 1 saturated heterocycles. The number of aryl methyl sites for hydroxylation is 1. The Morgan fingerprint density at radius 2 is 1.65 bits per heavy atom. The second-order valence-electron chi connectivity index (χ2n) is 14.6. The highest BCUT2D eigenvalue weighted by atomic mass is 79.9. The molecule has 0 spiro atoms. The number of benzene rings is 3. The third kappa shape index (κ3) is 10.3. The van der Waals surface area contributed by atoms with Crippen molar-refractivity contribution in [2.24, 2.45) is 0 Å². The highest BCUT2D eigenvalue weighted by molar-refractivity contribution is 9.10. The molecular weight excluding hydrogens is 760 g/mol. The molecule has 3 N–H and O–H groups in total. The number of ether oxygens (including phenoxy) is 2. The van der Waals surface area contributed by atoms with Crippen LogP contribution in [0.2, 0.25) is 0 Å². The van der Waals surface area contributed by atoms with Gasteiger partial charge in [-0.1, -0.05) is 79.1 Å². The average Bonchev–Trinajstić information content (AvgIpc) is 3.17. The molecule has 2 aliphatic heterocycles. The molecule has 4 aromatic rings. The van der Waals surface area contributed by atoms with E-state index in [1.54, 1.807) is 12.0 Å². The monoisotopic (exact) mass is 812 g/mol. The van der Waals surface area contributed by atoms with Crippen LogP contribution in [0.3, 0.4) is 0 Å². The van der Waals surface area contributed by atoms with Gasteiger partial charge in [0.15, 0.2) is 11.5 Å². The Labute approximate surface area is 332 Å². The molecular formula is C43H53BrN6O5. The van der Waals surface area contributed by atoms with E-state index in [1.807, 2.05) is 49.4 Å². The van der Waals surface area contributed by atoms with E-state index in [0.29, 0.717) is 48.9 Å². The number of aromatic nitrogens is 2. The number of nitrogens with one attached hydrogen (secondary N) is 3. The van der Waals surface area contributed by atoms with Crippen molar-refractivity contribution in [1.82, 2.24) is 20.2 Å². The molecule has 292 valence electrons. The van der Waals surface area contributed by atoms with Crippen LogP contribution >= 0.6 is 15.9 Å². The van der Waals surface area contributed by atoms with Gasteiger partial charge in [-0.15, -0.1) is 0 Å². The van der Waals surface area contributed by atoms with Gasteiger partial charge in [0.25, 0.3) is 5.91 Å². The van der Waals surface area contributed by atoms with Crippen LogP contribution in [0, 0.1) is 6.92 Å². The summed E-state index contributed by atoms with van der Waals surface area (Å²) in [5.41, 5.74) is 4.65. The molecule has 2 aliphatic rings. The third-order valence-corrected chi connectivity index (χ3v) is 11.0. The molecule has 55 heavy (non-hydrogen) atoms. The number of imide groups is 1. The highest BCUT2D eigenvalue weighted by Crippen LogP contribution is 2.36. The van der Waals surface area contributed by atoms with Crippen molar-refractivity contribution in [3.8, 4) is 11.5 Å². The quantitative estimate of drug-likeness (QED) is 0.0628. The Hall–Kier alpha value is -4.71. The number of unbranched alkanes of at least 4 members (excludes halogenated alkanes) is 8. The Bertz CT molecular complexity index is 1990. The maximum absolute atomic E-state index is 13.3. The van der Waals surface area contributed by atoms with Gasteiger partial charge in [-0.25, -0.2) is 9.97 Å². The summed E-state index contributed by atoms with van der Waals surface area (Å²) in [7, 11) is 1.66. The summed E-state index contributed by atoms with van der Waals surface area (Å²) >= 11 is 3.57. The number of carbonyl (C=O) groups excluding carboxylic acids is 3. The largest absolute Gasteiger partial charge is 0.493 e. The van der Waals surface area contributed by atoms with E-state index in [9.17, 15) is 14.4 Å². The molecule has 11 nitrogen and oxygen atoms in total. The maximum atomic E-state index is 13.3. The van der Waals surface area contributed by atoms with Crippen molar-refractivity contribution in [3.63, 3.8) is 0 Å². The zero-order chi connectivity index (χ0) is 38.7. The van der Waals surface area contributed by atoms with Crippen molar-refractivity contribution < 1.29 is 23.9 Å². The standard InChI is InChI=1S/C43H53BrN6O5/c1-28(30-15-13-16-31(44)25-30)46-41-34-26-38(54-3)39(27-36(34)47-29(2)48-41)55-24-12-10-8-6-4-5-7-9-11-22-45-35-18-14-17-33-32(35)21-23-50(43(33)53)37-19-20-40(51)49-42(37)52/h13-18,25-28,37,45H,4-12,19-24H2,1-3H3,(H,46,47,48)(H,49,51,52). The summed E-state index contributed by atoms with van der Waals surface area (Å²) in [6.07, 6.45) is 11.8. The van der Waals surface area contributed by atoms with Crippen LogP contribution in [0.5, 0.6) is 11.5 Å². The van der Waals surface area contributed by atoms with Crippen molar-refractivity contribution in [1.29, 1.82) is 0 Å². The fourth-order valence-electron chi connectivity index (χ4n) is 7.56.